The number of hydrogen-bond acceptors (Lipinski definition) is 4. The van der Waals surface area contributed by atoms with Crippen molar-refractivity contribution in [3.63, 3.8) is 0 Å². The van der Waals surface area contributed by atoms with Crippen LogP contribution in [0.4, 0.5) is 0 Å². The number of nitrogens with zero attached hydrogens (tertiary/aromatic N) is 2. The van der Waals surface area contributed by atoms with Crippen LogP contribution in [-0.4, -0.2) is 31.4 Å². The van der Waals surface area contributed by atoms with Gasteiger partial charge in [0, 0.05) is 24.9 Å². The van der Waals surface area contributed by atoms with E-state index in [9.17, 15) is 13.2 Å². The van der Waals surface area contributed by atoms with Crippen molar-refractivity contribution in [3.8, 4) is 0 Å². The molecular formula is C23H31N3O3S. The SMILES string of the molecule is CCCC(CCC)=NNC(=O)c1ccc(CN(C)S(=O)(=O)c2ccc(C)cc2)cc1. The molecule has 30 heavy (non-hydrogen) atoms. The van der Waals surface area contributed by atoms with Crippen LogP contribution >= 0.6 is 0 Å². The zero-order valence-electron chi connectivity index (χ0n) is 18.2. The minimum atomic E-state index is -3.57. The second-order valence-corrected chi connectivity index (χ2v) is 9.43. The van der Waals surface area contributed by atoms with Crippen molar-refractivity contribution in [2.24, 2.45) is 5.10 Å². The highest BCUT2D eigenvalue weighted by molar-refractivity contribution is 7.89. The first kappa shape index (κ1) is 23.8. The van der Waals surface area contributed by atoms with Crippen LogP contribution in [0, 0.1) is 6.92 Å². The normalized spacial score (nSPS) is 11.4. The molecule has 0 aliphatic heterocycles. The first-order valence-electron chi connectivity index (χ1n) is 10.3. The molecule has 0 unspecified atom stereocenters. The molecule has 0 aliphatic carbocycles. The number of carbonyl (C=O) groups is 1. The Balaban J connectivity index is 2.03. The monoisotopic (exact) mass is 429 g/mol. The molecule has 0 saturated heterocycles. The molecular weight excluding hydrogens is 398 g/mol. The van der Waals surface area contributed by atoms with Gasteiger partial charge in [-0.2, -0.15) is 9.41 Å². The molecule has 2 rings (SSSR count). The van der Waals surface area contributed by atoms with E-state index >= 15 is 0 Å². The number of carbonyl (C=O) groups excluding carboxylic acids is 1. The summed E-state index contributed by atoms with van der Waals surface area (Å²) in [6, 6.07) is 13.7. The van der Waals surface area contributed by atoms with E-state index in [1.54, 1.807) is 55.6 Å². The van der Waals surface area contributed by atoms with Gasteiger partial charge in [-0.25, -0.2) is 13.8 Å². The third-order valence-electron chi connectivity index (χ3n) is 4.74. The summed E-state index contributed by atoms with van der Waals surface area (Å²) in [5.41, 5.74) is 5.90. The number of hydrogen-bond donors (Lipinski definition) is 1. The second kappa shape index (κ2) is 11.0. The maximum absolute atomic E-state index is 12.7. The van der Waals surface area contributed by atoms with E-state index in [4.69, 9.17) is 0 Å². The van der Waals surface area contributed by atoms with Gasteiger partial charge in [0.25, 0.3) is 5.91 Å². The van der Waals surface area contributed by atoms with Gasteiger partial charge in [-0.1, -0.05) is 56.5 Å². The molecule has 0 aromatic heterocycles. The minimum Gasteiger partial charge on any atom is -0.267 e. The van der Waals surface area contributed by atoms with E-state index in [1.165, 1.54) is 4.31 Å². The van der Waals surface area contributed by atoms with Crippen molar-refractivity contribution < 1.29 is 13.2 Å². The maximum Gasteiger partial charge on any atom is 0.271 e. The Labute approximate surface area is 180 Å². The molecule has 0 spiro atoms. The zero-order chi connectivity index (χ0) is 22.1. The van der Waals surface area contributed by atoms with E-state index < -0.39 is 10.0 Å². The number of nitrogens with one attached hydrogen (secondary N) is 1. The summed E-state index contributed by atoms with van der Waals surface area (Å²) < 4.78 is 26.8. The number of benzene rings is 2. The van der Waals surface area contributed by atoms with Crippen LogP contribution in [0.1, 0.15) is 61.0 Å². The van der Waals surface area contributed by atoms with E-state index in [0.717, 1.165) is 42.5 Å². The Hall–Kier alpha value is -2.51. The molecule has 0 radical (unpaired) electrons. The lowest BCUT2D eigenvalue weighted by Crippen LogP contribution is -2.26. The summed E-state index contributed by atoms with van der Waals surface area (Å²) in [6.45, 7) is 6.30. The predicted octanol–water partition coefficient (Wildman–Crippen LogP) is 4.50. The van der Waals surface area contributed by atoms with Crippen LogP contribution < -0.4 is 5.43 Å². The summed E-state index contributed by atoms with van der Waals surface area (Å²) in [5.74, 6) is -0.271. The fourth-order valence-electron chi connectivity index (χ4n) is 3.00. The van der Waals surface area contributed by atoms with E-state index in [0.29, 0.717) is 5.56 Å². The zero-order valence-corrected chi connectivity index (χ0v) is 19.0. The number of amides is 1. The van der Waals surface area contributed by atoms with Crippen molar-refractivity contribution in [2.45, 2.75) is 57.9 Å². The van der Waals surface area contributed by atoms with E-state index in [2.05, 4.69) is 24.4 Å². The summed E-state index contributed by atoms with van der Waals surface area (Å²) in [6.07, 6.45) is 3.72. The molecule has 1 amide bonds. The van der Waals surface area contributed by atoms with Crippen molar-refractivity contribution in [1.82, 2.24) is 9.73 Å². The van der Waals surface area contributed by atoms with Gasteiger partial charge in [0.15, 0.2) is 0 Å². The lowest BCUT2D eigenvalue weighted by Gasteiger charge is -2.17. The van der Waals surface area contributed by atoms with Gasteiger partial charge in [-0.3, -0.25) is 4.79 Å². The van der Waals surface area contributed by atoms with Gasteiger partial charge in [0.2, 0.25) is 10.0 Å². The first-order valence-corrected chi connectivity index (χ1v) is 11.7. The van der Waals surface area contributed by atoms with Crippen molar-refractivity contribution >= 4 is 21.6 Å². The number of sulfonamides is 1. The lowest BCUT2D eigenvalue weighted by atomic mass is 10.1. The Bertz CT molecular complexity index is 958. The largest absolute Gasteiger partial charge is 0.271 e. The number of rotatable bonds is 10. The number of aryl methyl sites for hydroxylation is 1. The molecule has 0 atom stereocenters. The third-order valence-corrected chi connectivity index (χ3v) is 6.56. The standard InChI is InChI=1S/C23H31N3O3S/c1-5-7-21(8-6-2)24-25-23(27)20-13-11-19(12-14-20)17-26(4)30(28,29)22-15-9-18(3)10-16-22/h9-16H,5-8,17H2,1-4H3,(H,25,27). The number of hydrazone groups is 1. The van der Waals surface area contributed by atoms with Crippen LogP contribution in [-0.2, 0) is 16.6 Å². The topological polar surface area (TPSA) is 78.8 Å². The second-order valence-electron chi connectivity index (χ2n) is 7.39. The minimum absolute atomic E-state index is 0.216. The molecule has 0 heterocycles. The maximum atomic E-state index is 12.7. The third kappa shape index (κ3) is 6.50. The smallest absolute Gasteiger partial charge is 0.267 e. The molecule has 0 aliphatic rings. The Morgan fingerprint density at radius 2 is 1.53 bits per heavy atom. The van der Waals surface area contributed by atoms with Gasteiger partial charge in [0.05, 0.1) is 4.90 Å². The first-order chi connectivity index (χ1) is 14.3. The fraction of sp³-hybridized carbons (Fsp3) is 0.391. The highest BCUT2D eigenvalue weighted by atomic mass is 32.2. The summed E-state index contributed by atoms with van der Waals surface area (Å²) in [7, 11) is -2.02. The predicted molar refractivity (Wildman–Crippen MR) is 121 cm³/mol. The van der Waals surface area contributed by atoms with Gasteiger partial charge in [-0.05, 0) is 49.6 Å². The van der Waals surface area contributed by atoms with Crippen molar-refractivity contribution in [3.05, 3.63) is 65.2 Å². The summed E-state index contributed by atoms with van der Waals surface area (Å²) >= 11 is 0. The molecule has 0 saturated carbocycles. The molecule has 1 N–H and O–H groups in total. The van der Waals surface area contributed by atoms with Crippen molar-refractivity contribution in [1.29, 1.82) is 0 Å². The molecule has 0 bridgehead atoms. The van der Waals surface area contributed by atoms with Gasteiger partial charge in [0.1, 0.15) is 0 Å². The van der Waals surface area contributed by atoms with Gasteiger partial charge < -0.3 is 0 Å². The Morgan fingerprint density at radius 1 is 0.967 bits per heavy atom. The molecule has 0 fully saturated rings. The highest BCUT2D eigenvalue weighted by Crippen LogP contribution is 2.17. The van der Waals surface area contributed by atoms with Crippen LogP contribution in [0.25, 0.3) is 0 Å². The average molecular weight is 430 g/mol. The van der Waals surface area contributed by atoms with Gasteiger partial charge >= 0.3 is 0 Å². The fourth-order valence-corrected chi connectivity index (χ4v) is 4.16. The van der Waals surface area contributed by atoms with Gasteiger partial charge in [-0.15, -0.1) is 0 Å². The summed E-state index contributed by atoms with van der Waals surface area (Å²) in [4.78, 5) is 12.6. The Morgan fingerprint density at radius 3 is 2.07 bits per heavy atom. The van der Waals surface area contributed by atoms with E-state index in [1.807, 2.05) is 6.92 Å². The molecule has 162 valence electrons. The van der Waals surface area contributed by atoms with Crippen LogP contribution in [0.15, 0.2) is 58.5 Å². The highest BCUT2D eigenvalue weighted by Gasteiger charge is 2.20. The van der Waals surface area contributed by atoms with Crippen LogP contribution in [0.3, 0.4) is 0 Å². The quantitative estimate of drug-likeness (QED) is 0.446. The average Bonchev–Trinajstić information content (AvgIpc) is 2.73. The van der Waals surface area contributed by atoms with Crippen LogP contribution in [0.2, 0.25) is 0 Å². The summed E-state index contributed by atoms with van der Waals surface area (Å²) in [5, 5.41) is 4.25. The van der Waals surface area contributed by atoms with Crippen LogP contribution in [0.5, 0.6) is 0 Å². The molecule has 2 aromatic rings. The molecule has 6 nitrogen and oxygen atoms in total. The molecule has 7 heteroatoms. The van der Waals surface area contributed by atoms with E-state index in [-0.39, 0.29) is 17.3 Å². The molecule has 2 aromatic carbocycles. The lowest BCUT2D eigenvalue weighted by molar-refractivity contribution is 0.0954. The Kier molecular flexibility index (Phi) is 8.74. The van der Waals surface area contributed by atoms with Crippen molar-refractivity contribution in [2.75, 3.05) is 7.05 Å².